The number of nitrogens with one attached hydrogen (secondary N) is 3. The maximum absolute atomic E-state index is 12.9. The van der Waals surface area contributed by atoms with Crippen molar-refractivity contribution in [2.24, 2.45) is 11.8 Å². The molecule has 9 nitrogen and oxygen atoms in total. The van der Waals surface area contributed by atoms with Crippen molar-refractivity contribution in [3.05, 3.63) is 8.83 Å². The average Bonchev–Trinajstić information content (AvgIpc) is 3.39. The van der Waals surface area contributed by atoms with Crippen LogP contribution in [0.25, 0.3) is 0 Å². The minimum atomic E-state index is -0.515. The summed E-state index contributed by atoms with van der Waals surface area (Å²) in [5.74, 6) is -1.31. The van der Waals surface area contributed by atoms with Crippen LogP contribution in [0.1, 0.15) is 60.7 Å². The van der Waals surface area contributed by atoms with Gasteiger partial charge in [-0.1, -0.05) is 24.2 Å². The normalized spacial score (nSPS) is 25.2. The van der Waals surface area contributed by atoms with Gasteiger partial charge in [0.1, 0.15) is 17.2 Å². The molecule has 2 heterocycles. The van der Waals surface area contributed by atoms with E-state index in [0.717, 1.165) is 25.7 Å². The minimum Gasteiger partial charge on any atom is -0.468 e. The molecule has 2 saturated carbocycles. The van der Waals surface area contributed by atoms with Crippen molar-refractivity contribution < 1.29 is 23.9 Å². The summed E-state index contributed by atoms with van der Waals surface area (Å²) in [5, 5.41) is 8.55. The van der Waals surface area contributed by atoms with Gasteiger partial charge in [-0.15, -0.1) is 0 Å². The molecule has 11 heteroatoms. The lowest BCUT2D eigenvalue weighted by Gasteiger charge is -2.39. The van der Waals surface area contributed by atoms with Crippen molar-refractivity contribution in [3.8, 4) is 0 Å². The quantitative estimate of drug-likeness (QED) is 0.452. The van der Waals surface area contributed by atoms with Crippen molar-refractivity contribution in [1.82, 2.24) is 15.2 Å². The van der Waals surface area contributed by atoms with E-state index in [1.807, 2.05) is 4.57 Å². The largest absolute Gasteiger partial charge is 0.468 e. The first-order valence-electron chi connectivity index (χ1n) is 10.6. The minimum absolute atomic E-state index is 0.138. The Morgan fingerprint density at radius 2 is 1.97 bits per heavy atom. The van der Waals surface area contributed by atoms with Gasteiger partial charge in [-0.3, -0.25) is 19.2 Å². The van der Waals surface area contributed by atoms with Crippen molar-refractivity contribution in [2.75, 3.05) is 19.0 Å². The van der Waals surface area contributed by atoms with Crippen molar-refractivity contribution in [3.63, 3.8) is 0 Å². The first-order valence-corrected chi connectivity index (χ1v) is 11.8. The van der Waals surface area contributed by atoms with Crippen LogP contribution in [0.5, 0.6) is 0 Å². The first kappa shape index (κ1) is 21.9. The van der Waals surface area contributed by atoms with Gasteiger partial charge < -0.3 is 25.3 Å². The van der Waals surface area contributed by atoms with Crippen molar-refractivity contribution in [1.29, 1.82) is 0 Å². The molecule has 168 valence electrons. The number of anilines is 1. The molecule has 0 saturated heterocycles. The predicted molar refractivity (Wildman–Crippen MR) is 116 cm³/mol. The standard InChI is InChI=1S/C20H26N4O5S2/c1-29-14(25)9-21-17(26)10-6-7-12-13(8-10)24-16(23-18(12)27)15(31-20(24)30)19(28)22-11-4-2-3-5-11/h10-13H,2-9H2,1H3,(H,21,26)(H,22,28)(H,23,27). The molecule has 3 amide bonds. The molecule has 0 spiro atoms. The molecule has 0 bridgehead atoms. The van der Waals surface area contributed by atoms with Crippen LogP contribution >= 0.6 is 23.6 Å². The molecule has 31 heavy (non-hydrogen) atoms. The van der Waals surface area contributed by atoms with Crippen LogP contribution in [0.4, 0.5) is 5.82 Å². The smallest absolute Gasteiger partial charge is 0.325 e. The summed E-state index contributed by atoms with van der Waals surface area (Å²) >= 11 is 6.76. The van der Waals surface area contributed by atoms with Crippen LogP contribution < -0.4 is 16.0 Å². The third-order valence-electron chi connectivity index (χ3n) is 6.47. The molecule has 1 aromatic heterocycles. The molecule has 2 aliphatic carbocycles. The molecular weight excluding hydrogens is 440 g/mol. The highest BCUT2D eigenvalue weighted by molar-refractivity contribution is 7.73. The van der Waals surface area contributed by atoms with Gasteiger partial charge in [-0.2, -0.15) is 0 Å². The number of amides is 3. The Kier molecular flexibility index (Phi) is 6.42. The highest BCUT2D eigenvalue weighted by atomic mass is 32.1. The molecule has 1 aromatic rings. The van der Waals surface area contributed by atoms with Gasteiger partial charge in [0.2, 0.25) is 11.8 Å². The Morgan fingerprint density at radius 1 is 1.23 bits per heavy atom. The van der Waals surface area contributed by atoms with Gasteiger partial charge in [0.25, 0.3) is 5.91 Å². The number of thiazole rings is 1. The number of nitrogens with zero attached hydrogens (tertiary/aromatic N) is 1. The number of hydrogen-bond donors (Lipinski definition) is 3. The molecule has 0 radical (unpaired) electrons. The number of carbonyl (C=O) groups is 4. The van der Waals surface area contributed by atoms with Crippen LogP contribution in [0.3, 0.4) is 0 Å². The molecule has 3 atom stereocenters. The summed E-state index contributed by atoms with van der Waals surface area (Å²) in [5.41, 5.74) is 0. The fraction of sp³-hybridized carbons (Fsp3) is 0.650. The second-order valence-electron chi connectivity index (χ2n) is 8.34. The van der Waals surface area contributed by atoms with E-state index >= 15 is 0 Å². The van der Waals surface area contributed by atoms with Crippen LogP contribution in [0.15, 0.2) is 0 Å². The number of methoxy groups -OCH3 is 1. The number of carbonyl (C=O) groups excluding carboxylic acids is 4. The van der Waals surface area contributed by atoms with E-state index in [-0.39, 0.29) is 48.2 Å². The van der Waals surface area contributed by atoms with Crippen molar-refractivity contribution >= 4 is 53.1 Å². The SMILES string of the molecule is COC(=O)CNC(=O)C1CCC2C(=O)Nc3c(C(=O)NC4CCCC4)sc(=S)n3C2C1. The Balaban J connectivity index is 1.54. The highest BCUT2D eigenvalue weighted by Gasteiger charge is 2.44. The number of ether oxygens (including phenoxy) is 1. The molecule has 3 unspecified atom stereocenters. The monoisotopic (exact) mass is 466 g/mol. The van der Waals surface area contributed by atoms with Gasteiger partial charge in [0.05, 0.1) is 13.0 Å². The fourth-order valence-electron chi connectivity index (χ4n) is 4.84. The lowest BCUT2D eigenvalue weighted by Crippen LogP contribution is -2.45. The molecule has 3 N–H and O–H groups in total. The number of rotatable bonds is 5. The van der Waals surface area contributed by atoms with Gasteiger partial charge in [0, 0.05) is 18.0 Å². The zero-order valence-corrected chi connectivity index (χ0v) is 18.9. The zero-order chi connectivity index (χ0) is 22.1. The van der Waals surface area contributed by atoms with E-state index in [1.165, 1.54) is 18.4 Å². The molecule has 3 aliphatic rings. The lowest BCUT2D eigenvalue weighted by atomic mass is 9.76. The fourth-order valence-corrected chi connectivity index (χ4v) is 6.21. The van der Waals surface area contributed by atoms with Crippen molar-refractivity contribution in [2.45, 2.75) is 57.0 Å². The van der Waals surface area contributed by atoms with Gasteiger partial charge in [0.15, 0.2) is 3.95 Å². The molecular formula is C20H26N4O5S2. The van der Waals surface area contributed by atoms with Gasteiger partial charge in [-0.25, -0.2) is 0 Å². The van der Waals surface area contributed by atoms with E-state index in [2.05, 4.69) is 20.7 Å². The molecule has 0 aromatic carbocycles. The summed E-state index contributed by atoms with van der Waals surface area (Å²) < 4.78 is 6.92. The second kappa shape index (κ2) is 9.07. The molecule has 4 rings (SSSR count). The van der Waals surface area contributed by atoms with E-state index < -0.39 is 5.97 Å². The van der Waals surface area contributed by atoms with E-state index in [9.17, 15) is 19.2 Å². The third-order valence-corrected chi connectivity index (χ3v) is 7.87. The van der Waals surface area contributed by atoms with Crippen LogP contribution in [-0.4, -0.2) is 48.0 Å². The zero-order valence-electron chi connectivity index (χ0n) is 17.3. The molecule has 1 aliphatic heterocycles. The van der Waals surface area contributed by atoms with Gasteiger partial charge >= 0.3 is 5.97 Å². The highest BCUT2D eigenvalue weighted by Crippen LogP contribution is 2.45. The maximum atomic E-state index is 12.9. The van der Waals surface area contributed by atoms with E-state index in [4.69, 9.17) is 12.2 Å². The summed E-state index contributed by atoms with van der Waals surface area (Å²) in [6, 6.07) is -0.128. The topological polar surface area (TPSA) is 119 Å². The van der Waals surface area contributed by atoms with E-state index in [0.29, 0.717) is 33.9 Å². The van der Waals surface area contributed by atoms with E-state index in [1.54, 1.807) is 0 Å². The Hall–Kier alpha value is -2.27. The first-order chi connectivity index (χ1) is 14.9. The van der Waals surface area contributed by atoms with Crippen LogP contribution in [0, 0.1) is 15.8 Å². The molecule has 2 fully saturated rings. The summed E-state index contributed by atoms with van der Waals surface area (Å²) in [6.07, 6.45) is 5.64. The van der Waals surface area contributed by atoms with Crippen LogP contribution in [0.2, 0.25) is 0 Å². The number of esters is 1. The Labute approximate surface area is 188 Å². The Bertz CT molecular complexity index is 965. The summed E-state index contributed by atoms with van der Waals surface area (Å²) in [7, 11) is 1.26. The lowest BCUT2D eigenvalue weighted by molar-refractivity contribution is -0.142. The predicted octanol–water partition coefficient (Wildman–Crippen LogP) is 2.15. The Morgan fingerprint density at radius 3 is 2.68 bits per heavy atom. The number of hydrogen-bond acceptors (Lipinski definition) is 7. The average molecular weight is 467 g/mol. The number of fused-ring (bicyclic) bond motifs is 3. The summed E-state index contributed by atoms with van der Waals surface area (Å²) in [4.78, 5) is 50.0. The maximum Gasteiger partial charge on any atom is 0.325 e. The summed E-state index contributed by atoms with van der Waals surface area (Å²) in [6.45, 7) is -0.185. The van der Waals surface area contributed by atoms with Crippen LogP contribution in [-0.2, 0) is 19.1 Å². The third kappa shape index (κ3) is 4.38. The van der Waals surface area contributed by atoms with Gasteiger partial charge in [-0.05, 0) is 44.3 Å². The second-order valence-corrected chi connectivity index (χ2v) is 9.98. The number of aromatic nitrogens is 1.